The first kappa shape index (κ1) is 26.3. The number of hydrogen-bond acceptors (Lipinski definition) is 3. The van der Waals surface area contributed by atoms with Crippen LogP contribution in [0.25, 0.3) is 0 Å². The third-order valence-electron chi connectivity index (χ3n) is 6.53. The van der Waals surface area contributed by atoms with E-state index in [1.807, 2.05) is 0 Å². The van der Waals surface area contributed by atoms with E-state index < -0.39 is 28.5 Å². The molecule has 1 saturated carbocycles. The van der Waals surface area contributed by atoms with Crippen molar-refractivity contribution in [3.05, 3.63) is 29.3 Å². The highest BCUT2D eigenvalue weighted by molar-refractivity contribution is 5.97. The van der Waals surface area contributed by atoms with Crippen molar-refractivity contribution in [2.75, 3.05) is 13.2 Å². The molecule has 0 aromatic heterocycles. The number of carbonyl (C=O) groups is 2. The van der Waals surface area contributed by atoms with Crippen molar-refractivity contribution in [3.8, 4) is 5.75 Å². The Balaban J connectivity index is 1.81. The third-order valence-corrected chi connectivity index (χ3v) is 6.53. The Morgan fingerprint density at radius 3 is 2.28 bits per heavy atom. The van der Waals surface area contributed by atoms with Crippen molar-refractivity contribution in [1.29, 1.82) is 0 Å². The van der Waals surface area contributed by atoms with Gasteiger partial charge in [0.2, 0.25) is 0 Å². The number of hydrogen-bond donors (Lipinski definition) is 1. The van der Waals surface area contributed by atoms with Crippen molar-refractivity contribution in [2.24, 2.45) is 16.7 Å². The molecule has 0 heterocycles. The number of ketones is 1. The van der Waals surface area contributed by atoms with Crippen molar-refractivity contribution in [3.63, 3.8) is 0 Å². The fourth-order valence-electron chi connectivity index (χ4n) is 4.85. The maximum atomic E-state index is 14.4. The van der Waals surface area contributed by atoms with Crippen LogP contribution < -0.4 is 10.1 Å². The van der Waals surface area contributed by atoms with Crippen LogP contribution in [0.5, 0.6) is 5.75 Å². The lowest BCUT2D eigenvalue weighted by molar-refractivity contribution is -0.125. The molecule has 1 aliphatic rings. The maximum absolute atomic E-state index is 14.4. The smallest absolute Gasteiger partial charge is 0.254 e. The predicted molar refractivity (Wildman–Crippen MR) is 123 cm³/mol. The first-order valence-electron chi connectivity index (χ1n) is 11.9. The quantitative estimate of drug-likeness (QED) is 0.371. The lowest BCUT2D eigenvalue weighted by Crippen LogP contribution is -2.37. The number of Topliss-reactive ketones (excluding diaryl/α,β-unsaturated/α-hetero) is 1. The number of ether oxygens (including phenoxy) is 1. The first-order chi connectivity index (χ1) is 15.0. The molecule has 1 amide bonds. The van der Waals surface area contributed by atoms with Gasteiger partial charge in [0.15, 0.2) is 17.3 Å². The zero-order chi connectivity index (χ0) is 23.9. The van der Waals surface area contributed by atoms with E-state index in [1.165, 1.54) is 38.5 Å². The molecule has 1 N–H and O–H groups in total. The average Bonchev–Trinajstić information content (AvgIpc) is 2.69. The fraction of sp³-hybridized carbons (Fsp3) is 0.692. The molecule has 0 bridgehead atoms. The highest BCUT2D eigenvalue weighted by Crippen LogP contribution is 2.53. The molecule has 0 saturated heterocycles. The minimum atomic E-state index is -0.870. The van der Waals surface area contributed by atoms with Crippen LogP contribution in [0.2, 0.25) is 0 Å². The van der Waals surface area contributed by atoms with Gasteiger partial charge >= 0.3 is 0 Å². The second kappa shape index (κ2) is 11.2. The number of halogens is 2. The maximum Gasteiger partial charge on any atom is 0.254 e. The molecule has 0 spiro atoms. The van der Waals surface area contributed by atoms with Crippen LogP contribution in [-0.4, -0.2) is 24.8 Å². The average molecular weight is 452 g/mol. The largest absolute Gasteiger partial charge is 0.490 e. The van der Waals surface area contributed by atoms with E-state index in [0.717, 1.165) is 25.0 Å². The molecule has 1 fully saturated rings. The standard InChI is InChI=1S/C26H39F2NO3/c1-6-10-26(11-7-2)15-18(16-26)9-8-12-32-22-14-20(27)19(13-21(22)28)24(31)29-17-23(30)25(3,4)5/h13-14,18H,6-12,15-17H2,1-5H3,(H,29,31). The number of carbonyl (C=O) groups excluding carboxylic acids is 2. The van der Waals surface area contributed by atoms with E-state index in [0.29, 0.717) is 17.9 Å². The Kier molecular flexibility index (Phi) is 9.23. The summed E-state index contributed by atoms with van der Waals surface area (Å²) in [6, 6.07) is 1.74. The molecular formula is C26H39F2NO3. The molecule has 1 aliphatic carbocycles. The summed E-state index contributed by atoms with van der Waals surface area (Å²) in [4.78, 5) is 24.1. The van der Waals surface area contributed by atoms with E-state index in [-0.39, 0.29) is 18.1 Å². The van der Waals surface area contributed by atoms with E-state index in [2.05, 4.69) is 19.2 Å². The van der Waals surface area contributed by atoms with Gasteiger partial charge in [0.1, 0.15) is 5.82 Å². The number of rotatable bonds is 12. The van der Waals surface area contributed by atoms with Crippen LogP contribution >= 0.6 is 0 Å². The van der Waals surface area contributed by atoms with Gasteiger partial charge in [-0.25, -0.2) is 8.78 Å². The summed E-state index contributed by atoms with van der Waals surface area (Å²) >= 11 is 0. The van der Waals surface area contributed by atoms with E-state index in [9.17, 15) is 18.4 Å². The topological polar surface area (TPSA) is 55.4 Å². The molecule has 0 radical (unpaired) electrons. The zero-order valence-corrected chi connectivity index (χ0v) is 20.3. The summed E-state index contributed by atoms with van der Waals surface area (Å²) in [6.45, 7) is 9.75. The van der Waals surface area contributed by atoms with Crippen LogP contribution in [0.15, 0.2) is 12.1 Å². The number of benzene rings is 1. The van der Waals surface area contributed by atoms with E-state index in [1.54, 1.807) is 20.8 Å². The second-order valence-corrected chi connectivity index (χ2v) is 10.4. The van der Waals surface area contributed by atoms with Crippen LogP contribution in [0.3, 0.4) is 0 Å². The first-order valence-corrected chi connectivity index (χ1v) is 11.9. The summed E-state index contributed by atoms with van der Waals surface area (Å²) < 4.78 is 34.2. The molecule has 0 aliphatic heterocycles. The van der Waals surface area contributed by atoms with Gasteiger partial charge in [-0.2, -0.15) is 0 Å². The Morgan fingerprint density at radius 1 is 1.09 bits per heavy atom. The van der Waals surface area contributed by atoms with Crippen molar-refractivity contribution >= 4 is 11.7 Å². The van der Waals surface area contributed by atoms with Gasteiger partial charge in [-0.15, -0.1) is 0 Å². The van der Waals surface area contributed by atoms with Crippen LogP contribution in [0, 0.1) is 28.4 Å². The van der Waals surface area contributed by atoms with Gasteiger partial charge in [-0.3, -0.25) is 9.59 Å². The van der Waals surface area contributed by atoms with E-state index >= 15 is 0 Å². The zero-order valence-electron chi connectivity index (χ0n) is 20.3. The minimum absolute atomic E-state index is 0.190. The van der Waals surface area contributed by atoms with Gasteiger partial charge in [0, 0.05) is 11.5 Å². The molecule has 1 aromatic carbocycles. The summed E-state index contributed by atoms with van der Waals surface area (Å²) in [5.41, 5.74) is -0.533. The van der Waals surface area contributed by atoms with E-state index in [4.69, 9.17) is 4.74 Å². The van der Waals surface area contributed by atoms with Crippen LogP contribution in [0.4, 0.5) is 8.78 Å². The summed E-state index contributed by atoms with van der Waals surface area (Å²) in [5.74, 6) is -2.17. The molecule has 180 valence electrons. The molecule has 32 heavy (non-hydrogen) atoms. The molecule has 6 heteroatoms. The molecule has 0 unspecified atom stereocenters. The lowest BCUT2D eigenvalue weighted by Gasteiger charge is -2.48. The molecule has 0 atom stereocenters. The van der Waals surface area contributed by atoms with Crippen molar-refractivity contribution in [2.45, 2.75) is 86.0 Å². The fourth-order valence-corrected chi connectivity index (χ4v) is 4.85. The summed E-state index contributed by atoms with van der Waals surface area (Å²) in [6.07, 6.45) is 9.38. The van der Waals surface area contributed by atoms with Crippen molar-refractivity contribution in [1.82, 2.24) is 5.32 Å². The van der Waals surface area contributed by atoms with Gasteiger partial charge in [-0.1, -0.05) is 47.5 Å². The lowest BCUT2D eigenvalue weighted by atomic mass is 9.57. The number of amides is 1. The van der Waals surface area contributed by atoms with Crippen LogP contribution in [0.1, 0.15) is 96.3 Å². The molecule has 2 rings (SSSR count). The molecular weight excluding hydrogens is 412 g/mol. The minimum Gasteiger partial charge on any atom is -0.490 e. The van der Waals surface area contributed by atoms with Gasteiger partial charge < -0.3 is 10.1 Å². The van der Waals surface area contributed by atoms with Gasteiger partial charge in [-0.05, 0) is 55.9 Å². The Hall–Kier alpha value is -1.98. The van der Waals surface area contributed by atoms with Gasteiger partial charge in [0.05, 0.1) is 18.7 Å². The normalized spacial score (nSPS) is 15.8. The highest BCUT2D eigenvalue weighted by Gasteiger charge is 2.41. The number of nitrogens with one attached hydrogen (secondary N) is 1. The third kappa shape index (κ3) is 7.01. The van der Waals surface area contributed by atoms with Crippen LogP contribution in [-0.2, 0) is 4.79 Å². The molecule has 1 aromatic rings. The SMILES string of the molecule is CCCC1(CCC)CC(CCCOc2cc(F)c(C(=O)NCC(=O)C(C)(C)C)cc2F)C1. The second-order valence-electron chi connectivity index (χ2n) is 10.4. The Bertz CT molecular complexity index is 787. The monoisotopic (exact) mass is 451 g/mol. The van der Waals surface area contributed by atoms with Gasteiger partial charge in [0.25, 0.3) is 5.91 Å². The Labute approximate surface area is 191 Å². The summed E-state index contributed by atoms with van der Waals surface area (Å²) in [7, 11) is 0. The van der Waals surface area contributed by atoms with Crippen molar-refractivity contribution < 1.29 is 23.1 Å². The highest BCUT2D eigenvalue weighted by atomic mass is 19.1. The Morgan fingerprint density at radius 2 is 1.72 bits per heavy atom. The molecule has 4 nitrogen and oxygen atoms in total. The predicted octanol–water partition coefficient (Wildman–Crippen LogP) is 6.47. The summed E-state index contributed by atoms with van der Waals surface area (Å²) in [5, 5.41) is 2.36.